The lowest BCUT2D eigenvalue weighted by Gasteiger charge is -2.27. The molecule has 0 saturated carbocycles. The maximum Gasteiger partial charge on any atom is 0.335 e. The van der Waals surface area contributed by atoms with E-state index in [2.05, 4.69) is 13.5 Å². The summed E-state index contributed by atoms with van der Waals surface area (Å²) in [7, 11) is 1.60. The van der Waals surface area contributed by atoms with Crippen molar-refractivity contribution in [1.29, 1.82) is 0 Å². The minimum absolute atomic E-state index is 0.129. The molecular formula is C25H36O5. The minimum Gasteiger partial charge on any atom is -0.497 e. The molecule has 1 aromatic carbocycles. The molecule has 0 aliphatic carbocycles. The molecule has 1 heterocycles. The second kappa shape index (κ2) is 11.8. The molecule has 1 aromatic rings. The Kier molecular flexibility index (Phi) is 9.41. The zero-order chi connectivity index (χ0) is 22.0. The molecule has 1 aliphatic heterocycles. The van der Waals surface area contributed by atoms with Crippen molar-refractivity contribution in [3.8, 4) is 5.75 Å². The molecule has 0 aromatic heterocycles. The zero-order valence-corrected chi connectivity index (χ0v) is 18.7. The fourth-order valence-corrected chi connectivity index (χ4v) is 3.81. The van der Waals surface area contributed by atoms with Gasteiger partial charge in [-0.3, -0.25) is 4.79 Å². The summed E-state index contributed by atoms with van der Waals surface area (Å²) >= 11 is 0. The first-order valence-corrected chi connectivity index (χ1v) is 11.1. The van der Waals surface area contributed by atoms with E-state index >= 15 is 0 Å². The summed E-state index contributed by atoms with van der Waals surface area (Å²) < 4.78 is 16.2. The van der Waals surface area contributed by atoms with E-state index in [0.29, 0.717) is 6.42 Å². The Balaban J connectivity index is 1.85. The monoisotopic (exact) mass is 416 g/mol. The highest BCUT2D eigenvalue weighted by molar-refractivity contribution is 6.00. The van der Waals surface area contributed by atoms with Crippen molar-refractivity contribution in [2.24, 2.45) is 5.41 Å². The topological polar surface area (TPSA) is 61.8 Å². The third-order valence-electron chi connectivity index (χ3n) is 6.04. The van der Waals surface area contributed by atoms with Crippen LogP contribution in [0.25, 0.3) is 0 Å². The summed E-state index contributed by atoms with van der Waals surface area (Å²) in [6.07, 6.45) is 9.66. The van der Waals surface area contributed by atoms with E-state index in [0.717, 1.165) is 24.2 Å². The van der Waals surface area contributed by atoms with Crippen LogP contribution >= 0.6 is 0 Å². The molecule has 166 valence electrons. The molecule has 30 heavy (non-hydrogen) atoms. The number of cyclic esters (lactones) is 1. The molecule has 0 amide bonds. The van der Waals surface area contributed by atoms with E-state index in [-0.39, 0.29) is 12.2 Å². The number of esters is 2. The first-order chi connectivity index (χ1) is 14.4. The van der Waals surface area contributed by atoms with Gasteiger partial charge in [-0.1, -0.05) is 70.6 Å². The number of carbonyl (C=O) groups is 2. The molecular weight excluding hydrogens is 380 g/mol. The molecule has 0 unspecified atom stereocenters. The summed E-state index contributed by atoms with van der Waals surface area (Å²) in [6.45, 7) is 7.89. The second-order valence-corrected chi connectivity index (χ2v) is 8.26. The highest BCUT2D eigenvalue weighted by atomic mass is 16.6. The predicted octanol–water partition coefficient (Wildman–Crippen LogP) is 5.76. The van der Waals surface area contributed by atoms with E-state index < -0.39 is 23.5 Å². The summed E-state index contributed by atoms with van der Waals surface area (Å²) in [5.74, 6) is -0.215. The quantitative estimate of drug-likeness (QED) is 0.232. The van der Waals surface area contributed by atoms with E-state index in [9.17, 15) is 9.59 Å². The van der Waals surface area contributed by atoms with Gasteiger partial charge in [0.1, 0.15) is 23.9 Å². The Hall–Kier alpha value is -2.30. The van der Waals surface area contributed by atoms with Crippen LogP contribution in [0.4, 0.5) is 0 Å². The van der Waals surface area contributed by atoms with Gasteiger partial charge in [0.25, 0.3) is 0 Å². The number of hydrogen-bond acceptors (Lipinski definition) is 5. The SMILES string of the molecule is C=C1C(=O)O[C@@H](CCCCCCCCCC)[C@@]1(C)C(=O)OCc1ccc(OC)cc1. The molecule has 1 aliphatic rings. The lowest BCUT2D eigenvalue weighted by atomic mass is 9.78. The number of unbranched alkanes of at least 4 members (excludes halogenated alkanes) is 7. The van der Waals surface area contributed by atoms with E-state index in [1.54, 1.807) is 14.0 Å². The predicted molar refractivity (Wildman–Crippen MR) is 117 cm³/mol. The van der Waals surface area contributed by atoms with Gasteiger partial charge in [0.2, 0.25) is 0 Å². The van der Waals surface area contributed by atoms with Gasteiger partial charge in [0, 0.05) is 0 Å². The van der Waals surface area contributed by atoms with Gasteiger partial charge in [-0.2, -0.15) is 0 Å². The van der Waals surface area contributed by atoms with Gasteiger partial charge in [-0.25, -0.2) is 4.79 Å². The van der Waals surface area contributed by atoms with Gasteiger partial charge in [0.05, 0.1) is 12.7 Å². The zero-order valence-electron chi connectivity index (χ0n) is 18.7. The van der Waals surface area contributed by atoms with Crippen LogP contribution in [-0.2, 0) is 25.7 Å². The molecule has 5 nitrogen and oxygen atoms in total. The fraction of sp³-hybridized carbons (Fsp3) is 0.600. The average molecular weight is 417 g/mol. The van der Waals surface area contributed by atoms with Crippen LogP contribution in [0.1, 0.15) is 77.2 Å². The number of ether oxygens (including phenoxy) is 3. The van der Waals surface area contributed by atoms with Crippen LogP contribution in [0, 0.1) is 5.41 Å². The first kappa shape index (κ1) is 24.0. The number of rotatable bonds is 13. The van der Waals surface area contributed by atoms with Crippen molar-refractivity contribution in [3.63, 3.8) is 0 Å². The number of hydrogen-bond donors (Lipinski definition) is 0. The minimum atomic E-state index is -1.13. The van der Waals surface area contributed by atoms with Crippen LogP contribution in [0.5, 0.6) is 5.75 Å². The van der Waals surface area contributed by atoms with Crippen LogP contribution < -0.4 is 4.74 Å². The van der Waals surface area contributed by atoms with Crippen molar-refractivity contribution in [2.45, 2.75) is 84.3 Å². The van der Waals surface area contributed by atoms with Crippen molar-refractivity contribution < 1.29 is 23.8 Å². The molecule has 5 heteroatoms. The number of methoxy groups -OCH3 is 1. The first-order valence-electron chi connectivity index (χ1n) is 11.1. The standard InChI is InChI=1S/C25H36O5/c1-5-6-7-8-9-10-11-12-13-22-25(3,19(2)23(26)30-22)24(27)29-18-20-14-16-21(28-4)17-15-20/h14-17,22H,2,5-13,18H2,1,3-4H3/t22-,25-/m0/s1. The van der Waals surface area contributed by atoms with Crippen LogP contribution in [0.15, 0.2) is 36.4 Å². The Bertz CT molecular complexity index is 709. The Morgan fingerprint density at radius 2 is 1.67 bits per heavy atom. The van der Waals surface area contributed by atoms with Crippen LogP contribution in [0.3, 0.4) is 0 Å². The van der Waals surface area contributed by atoms with Gasteiger partial charge in [-0.15, -0.1) is 0 Å². The summed E-state index contributed by atoms with van der Waals surface area (Å²) in [4.78, 5) is 25.1. The van der Waals surface area contributed by atoms with Crippen molar-refractivity contribution >= 4 is 11.9 Å². The van der Waals surface area contributed by atoms with Crippen molar-refractivity contribution in [3.05, 3.63) is 42.0 Å². The highest BCUT2D eigenvalue weighted by Gasteiger charge is 2.55. The molecule has 0 bridgehead atoms. The Morgan fingerprint density at radius 1 is 1.07 bits per heavy atom. The third-order valence-corrected chi connectivity index (χ3v) is 6.04. The largest absolute Gasteiger partial charge is 0.497 e. The van der Waals surface area contributed by atoms with Crippen molar-refractivity contribution in [2.75, 3.05) is 7.11 Å². The molecule has 0 spiro atoms. The summed E-state index contributed by atoms with van der Waals surface area (Å²) in [6, 6.07) is 7.32. The molecule has 1 saturated heterocycles. The summed E-state index contributed by atoms with van der Waals surface area (Å²) in [5, 5.41) is 0. The van der Waals surface area contributed by atoms with Gasteiger partial charge in [0.15, 0.2) is 0 Å². The number of carbonyl (C=O) groups excluding carboxylic acids is 2. The molecule has 0 radical (unpaired) electrons. The molecule has 1 fully saturated rings. The smallest absolute Gasteiger partial charge is 0.335 e. The third kappa shape index (κ3) is 6.10. The van der Waals surface area contributed by atoms with Gasteiger partial charge in [-0.05, 0) is 37.5 Å². The molecule has 2 atom stereocenters. The highest BCUT2D eigenvalue weighted by Crippen LogP contribution is 2.43. The van der Waals surface area contributed by atoms with E-state index in [4.69, 9.17) is 14.2 Å². The fourth-order valence-electron chi connectivity index (χ4n) is 3.81. The van der Waals surface area contributed by atoms with E-state index in [1.807, 2.05) is 24.3 Å². The number of benzene rings is 1. The molecule has 0 N–H and O–H groups in total. The second-order valence-electron chi connectivity index (χ2n) is 8.26. The lowest BCUT2D eigenvalue weighted by molar-refractivity contribution is -0.158. The maximum absolute atomic E-state index is 12.9. The molecule has 2 rings (SSSR count). The average Bonchev–Trinajstić information content (AvgIpc) is 2.98. The normalized spacial score (nSPS) is 20.8. The maximum atomic E-state index is 12.9. The summed E-state index contributed by atoms with van der Waals surface area (Å²) in [5.41, 5.74) is -0.0972. The Labute approximate surface area is 180 Å². The lowest BCUT2D eigenvalue weighted by Crippen LogP contribution is -2.38. The van der Waals surface area contributed by atoms with Gasteiger partial charge >= 0.3 is 11.9 Å². The van der Waals surface area contributed by atoms with Gasteiger partial charge < -0.3 is 14.2 Å². The Morgan fingerprint density at radius 3 is 2.27 bits per heavy atom. The van der Waals surface area contributed by atoms with Crippen LogP contribution in [0.2, 0.25) is 0 Å². The van der Waals surface area contributed by atoms with Crippen LogP contribution in [-0.4, -0.2) is 25.2 Å². The van der Waals surface area contributed by atoms with Crippen molar-refractivity contribution in [1.82, 2.24) is 0 Å². The van der Waals surface area contributed by atoms with E-state index in [1.165, 1.54) is 38.5 Å².